The number of nitro benzene ring substituents is 1. The first-order valence-corrected chi connectivity index (χ1v) is 9.81. The summed E-state index contributed by atoms with van der Waals surface area (Å²) in [6.45, 7) is 0. The number of nitrogens with zero attached hydrogens (tertiary/aromatic N) is 2. The Hall–Kier alpha value is -3.31. The molecule has 0 radical (unpaired) electrons. The second kappa shape index (κ2) is 7.51. The number of sulfonamides is 1. The quantitative estimate of drug-likeness (QED) is 0.479. The largest absolute Gasteiger partial charge is 0.298 e. The summed E-state index contributed by atoms with van der Waals surface area (Å²) in [6.07, 6.45) is 0. The Bertz CT molecular complexity index is 1080. The molecule has 0 saturated heterocycles. The summed E-state index contributed by atoms with van der Waals surface area (Å²) in [7, 11) is -3.89. The Kier molecular flexibility index (Phi) is 5.14. The highest BCUT2D eigenvalue weighted by molar-refractivity contribution is 7.92. The van der Waals surface area contributed by atoms with Crippen LogP contribution < -0.4 is 10.0 Å². The Morgan fingerprint density at radius 2 is 1.74 bits per heavy atom. The third kappa shape index (κ3) is 4.46. The van der Waals surface area contributed by atoms with Crippen LogP contribution in [0.3, 0.4) is 0 Å². The van der Waals surface area contributed by atoms with Crippen molar-refractivity contribution in [3.63, 3.8) is 0 Å². The van der Waals surface area contributed by atoms with Crippen LogP contribution in [0.1, 0.15) is 10.4 Å². The summed E-state index contributed by atoms with van der Waals surface area (Å²) in [4.78, 5) is 26.1. The van der Waals surface area contributed by atoms with Crippen LogP contribution in [0, 0.1) is 10.1 Å². The van der Waals surface area contributed by atoms with Gasteiger partial charge in [0.05, 0.1) is 4.92 Å². The van der Waals surface area contributed by atoms with Gasteiger partial charge in [-0.1, -0.05) is 18.2 Å². The molecule has 2 aromatic carbocycles. The van der Waals surface area contributed by atoms with Crippen LogP contribution in [0.5, 0.6) is 0 Å². The zero-order chi connectivity index (χ0) is 19.4. The van der Waals surface area contributed by atoms with Crippen molar-refractivity contribution in [2.75, 3.05) is 10.0 Å². The number of nitro groups is 1. The number of anilines is 2. The van der Waals surface area contributed by atoms with E-state index >= 15 is 0 Å². The van der Waals surface area contributed by atoms with E-state index in [1.165, 1.54) is 29.6 Å². The summed E-state index contributed by atoms with van der Waals surface area (Å²) >= 11 is 0.948. The Morgan fingerprint density at radius 3 is 2.37 bits per heavy atom. The molecule has 1 heterocycles. The number of hydrogen-bond acceptors (Lipinski definition) is 7. The summed E-state index contributed by atoms with van der Waals surface area (Å²) < 4.78 is 27.0. The standard InChI is InChI=1S/C16H12N4O5S2/c21-15(11-6-8-13(9-7-11)20(22)23)18-16-17-14(10-26-16)27(24,25)19-12-4-2-1-3-5-12/h1-10,19H,(H,17,18,21). The van der Waals surface area contributed by atoms with Crippen molar-refractivity contribution >= 4 is 43.8 Å². The maximum Gasteiger partial charge on any atom is 0.280 e. The number of rotatable bonds is 6. The summed E-state index contributed by atoms with van der Waals surface area (Å²) in [5.74, 6) is -0.556. The van der Waals surface area contributed by atoms with E-state index in [1.807, 2.05) is 0 Å². The van der Waals surface area contributed by atoms with Crippen molar-refractivity contribution in [2.45, 2.75) is 5.03 Å². The fourth-order valence-corrected chi connectivity index (χ4v) is 4.10. The van der Waals surface area contributed by atoms with Crippen LogP contribution in [0.4, 0.5) is 16.5 Å². The van der Waals surface area contributed by atoms with Gasteiger partial charge in [-0.05, 0) is 24.3 Å². The minimum atomic E-state index is -3.89. The van der Waals surface area contributed by atoms with Gasteiger partial charge in [0.1, 0.15) is 0 Å². The first kappa shape index (κ1) is 18.5. The van der Waals surface area contributed by atoms with Crippen LogP contribution >= 0.6 is 11.3 Å². The van der Waals surface area contributed by atoms with Gasteiger partial charge in [0.25, 0.3) is 21.6 Å². The normalized spacial score (nSPS) is 11.0. The molecule has 1 amide bonds. The van der Waals surface area contributed by atoms with Gasteiger partial charge in [-0.3, -0.25) is 24.9 Å². The molecule has 0 saturated carbocycles. The van der Waals surface area contributed by atoms with E-state index in [1.54, 1.807) is 30.3 Å². The van der Waals surface area contributed by atoms with Crippen molar-refractivity contribution in [2.24, 2.45) is 0 Å². The molecule has 2 N–H and O–H groups in total. The Morgan fingerprint density at radius 1 is 1.07 bits per heavy atom. The Balaban J connectivity index is 1.71. The Labute approximate surface area is 157 Å². The summed E-state index contributed by atoms with van der Waals surface area (Å²) in [5, 5.41) is 14.3. The van der Waals surface area contributed by atoms with Crippen LogP contribution in [0.15, 0.2) is 65.0 Å². The van der Waals surface area contributed by atoms with Gasteiger partial charge in [0.2, 0.25) is 0 Å². The number of para-hydroxylation sites is 1. The number of aromatic nitrogens is 1. The van der Waals surface area contributed by atoms with Crippen LogP contribution in [-0.4, -0.2) is 24.2 Å². The van der Waals surface area contributed by atoms with Crippen molar-refractivity contribution < 1.29 is 18.1 Å². The van der Waals surface area contributed by atoms with E-state index in [2.05, 4.69) is 15.0 Å². The third-order valence-electron chi connectivity index (χ3n) is 3.35. The van der Waals surface area contributed by atoms with E-state index in [4.69, 9.17) is 0 Å². The number of nitrogens with one attached hydrogen (secondary N) is 2. The van der Waals surface area contributed by atoms with Crippen LogP contribution in [0.2, 0.25) is 0 Å². The molecule has 0 fully saturated rings. The van der Waals surface area contributed by atoms with Gasteiger partial charge in [0, 0.05) is 28.8 Å². The first-order valence-electron chi connectivity index (χ1n) is 7.44. The number of carbonyl (C=O) groups is 1. The zero-order valence-electron chi connectivity index (χ0n) is 13.5. The second-order valence-corrected chi connectivity index (χ2v) is 7.71. The highest BCUT2D eigenvalue weighted by Crippen LogP contribution is 2.22. The van der Waals surface area contributed by atoms with Gasteiger partial charge < -0.3 is 0 Å². The molecule has 0 spiro atoms. The highest BCUT2D eigenvalue weighted by atomic mass is 32.2. The lowest BCUT2D eigenvalue weighted by Crippen LogP contribution is -2.14. The molecule has 0 atom stereocenters. The molecule has 0 aliphatic carbocycles. The molecule has 138 valence electrons. The van der Waals surface area contributed by atoms with Crippen molar-refractivity contribution in [1.82, 2.24) is 4.98 Å². The molecule has 0 unspecified atom stereocenters. The predicted octanol–water partition coefficient (Wildman–Crippen LogP) is 3.10. The number of carbonyl (C=O) groups excluding carboxylic acids is 1. The lowest BCUT2D eigenvalue weighted by atomic mass is 10.2. The molecule has 9 nitrogen and oxygen atoms in total. The number of non-ortho nitro benzene ring substituents is 1. The topological polar surface area (TPSA) is 131 Å². The average molecular weight is 404 g/mol. The molecular weight excluding hydrogens is 392 g/mol. The smallest absolute Gasteiger partial charge is 0.280 e. The third-order valence-corrected chi connectivity index (χ3v) is 5.52. The van der Waals surface area contributed by atoms with E-state index in [0.717, 1.165) is 11.3 Å². The fourth-order valence-electron chi connectivity index (χ4n) is 2.06. The minimum Gasteiger partial charge on any atom is -0.298 e. The molecule has 27 heavy (non-hydrogen) atoms. The number of benzene rings is 2. The maximum absolute atomic E-state index is 12.3. The predicted molar refractivity (Wildman–Crippen MR) is 100 cm³/mol. The fraction of sp³-hybridized carbons (Fsp3) is 0. The molecule has 11 heteroatoms. The van der Waals surface area contributed by atoms with Crippen LogP contribution in [-0.2, 0) is 10.0 Å². The zero-order valence-corrected chi connectivity index (χ0v) is 15.2. The van der Waals surface area contributed by atoms with Crippen LogP contribution in [0.25, 0.3) is 0 Å². The summed E-state index contributed by atoms with van der Waals surface area (Å²) in [6, 6.07) is 13.3. The van der Waals surface area contributed by atoms with Gasteiger partial charge in [-0.2, -0.15) is 8.42 Å². The lowest BCUT2D eigenvalue weighted by Gasteiger charge is -2.05. The van der Waals surface area contributed by atoms with E-state index in [9.17, 15) is 23.3 Å². The van der Waals surface area contributed by atoms with Crippen molar-refractivity contribution in [1.29, 1.82) is 0 Å². The monoisotopic (exact) mass is 404 g/mol. The number of thiazole rings is 1. The van der Waals surface area contributed by atoms with Gasteiger partial charge in [-0.25, -0.2) is 4.98 Å². The molecule has 0 aliphatic heterocycles. The number of hydrogen-bond donors (Lipinski definition) is 2. The van der Waals surface area contributed by atoms with Gasteiger partial charge in [0.15, 0.2) is 10.2 Å². The average Bonchev–Trinajstić information content (AvgIpc) is 3.12. The molecular formula is C16H12N4O5S2. The van der Waals surface area contributed by atoms with E-state index < -0.39 is 20.9 Å². The maximum atomic E-state index is 12.3. The van der Waals surface area contributed by atoms with Gasteiger partial charge in [-0.15, -0.1) is 11.3 Å². The van der Waals surface area contributed by atoms with Crippen molar-refractivity contribution in [3.8, 4) is 0 Å². The number of amides is 1. The van der Waals surface area contributed by atoms with Gasteiger partial charge >= 0.3 is 0 Å². The van der Waals surface area contributed by atoms with E-state index in [0.29, 0.717) is 5.69 Å². The molecule has 0 aliphatic rings. The summed E-state index contributed by atoms with van der Waals surface area (Å²) in [5.41, 5.74) is 0.436. The molecule has 0 bridgehead atoms. The van der Waals surface area contributed by atoms with Crippen molar-refractivity contribution in [3.05, 3.63) is 75.7 Å². The molecule has 3 aromatic rings. The lowest BCUT2D eigenvalue weighted by molar-refractivity contribution is -0.384. The minimum absolute atomic E-state index is 0.0896. The SMILES string of the molecule is O=C(Nc1nc(S(=O)(=O)Nc2ccccc2)cs1)c1ccc([N+](=O)[O-])cc1. The molecule has 3 rings (SSSR count). The molecule has 1 aromatic heterocycles. The first-order chi connectivity index (χ1) is 12.8. The van der Waals surface area contributed by atoms with E-state index in [-0.39, 0.29) is 21.4 Å². The second-order valence-electron chi connectivity index (χ2n) is 5.22. The highest BCUT2D eigenvalue weighted by Gasteiger charge is 2.19.